The third-order valence-electron chi connectivity index (χ3n) is 5.60. The van der Waals surface area contributed by atoms with Gasteiger partial charge in [-0.2, -0.15) is 0 Å². The van der Waals surface area contributed by atoms with Crippen LogP contribution < -0.4 is 9.47 Å². The Balaban J connectivity index is 1.09. The second kappa shape index (κ2) is 9.84. The number of fused-ring (bicyclic) bond motifs is 1. The van der Waals surface area contributed by atoms with Crippen molar-refractivity contribution in [1.29, 1.82) is 0 Å². The van der Waals surface area contributed by atoms with E-state index in [0.717, 1.165) is 15.6 Å². The third-order valence-corrected chi connectivity index (χ3v) is 7.61. The smallest absolute Gasteiger partial charge is 0.267 e. The molecular formula is C24H23N3O4S2. The molecule has 0 N–H and O–H groups in total. The van der Waals surface area contributed by atoms with Crippen molar-refractivity contribution in [3.05, 3.63) is 60.0 Å². The Labute approximate surface area is 200 Å². The molecule has 0 unspecified atom stereocenters. The van der Waals surface area contributed by atoms with Crippen LogP contribution in [0, 0.1) is 0 Å². The molecule has 1 aromatic heterocycles. The maximum Gasteiger partial charge on any atom is 0.267 e. The van der Waals surface area contributed by atoms with E-state index in [1.54, 1.807) is 22.3 Å². The number of nitrogens with zero attached hydrogens (tertiary/aromatic N) is 3. The van der Waals surface area contributed by atoms with Gasteiger partial charge in [0.2, 0.25) is 12.0 Å². The summed E-state index contributed by atoms with van der Waals surface area (Å²) in [6, 6.07) is 17.4. The van der Waals surface area contributed by atoms with Crippen molar-refractivity contribution < 1.29 is 19.1 Å². The summed E-state index contributed by atoms with van der Waals surface area (Å²) in [6.07, 6.45) is -0.651. The molecule has 0 bridgehead atoms. The molecule has 9 heteroatoms. The fraction of sp³-hybridized carbons (Fsp3) is 0.292. The Bertz CT molecular complexity index is 1130. The van der Waals surface area contributed by atoms with Gasteiger partial charge in [0.15, 0.2) is 15.8 Å². The first-order chi connectivity index (χ1) is 16.2. The normalized spacial score (nSPS) is 17.6. The molecule has 0 aliphatic carbocycles. The van der Waals surface area contributed by atoms with E-state index in [1.807, 2.05) is 58.8 Å². The highest BCUT2D eigenvalue weighted by atomic mass is 32.2. The number of para-hydroxylation sites is 2. The molecule has 1 fully saturated rings. The van der Waals surface area contributed by atoms with Crippen LogP contribution in [0.3, 0.4) is 0 Å². The van der Waals surface area contributed by atoms with Gasteiger partial charge in [-0.15, -0.1) is 11.3 Å². The summed E-state index contributed by atoms with van der Waals surface area (Å²) in [5.41, 5.74) is 2.00. The van der Waals surface area contributed by atoms with Crippen LogP contribution in [0.1, 0.15) is 0 Å². The van der Waals surface area contributed by atoms with Crippen LogP contribution in [0.2, 0.25) is 0 Å². The lowest BCUT2D eigenvalue weighted by molar-refractivity contribution is -0.145. The standard InChI is InChI=1S/C24H23N3O4S2/c28-22(16-33-24-25-18(15-32-24)17-6-2-1-3-7-17)26-10-12-27(13-11-26)23(29)21-14-30-19-8-4-5-9-20(19)31-21/h1-9,15,21H,10-14,16H2/t21-/m0/s1. The summed E-state index contributed by atoms with van der Waals surface area (Å²) >= 11 is 3.01. The Morgan fingerprint density at radius 2 is 1.67 bits per heavy atom. The zero-order valence-corrected chi connectivity index (χ0v) is 19.5. The van der Waals surface area contributed by atoms with Gasteiger partial charge in [-0.25, -0.2) is 4.98 Å². The van der Waals surface area contributed by atoms with E-state index in [4.69, 9.17) is 9.47 Å². The van der Waals surface area contributed by atoms with Gasteiger partial charge < -0.3 is 19.3 Å². The van der Waals surface area contributed by atoms with Crippen molar-refractivity contribution in [3.8, 4) is 22.8 Å². The molecule has 1 saturated heterocycles. The zero-order chi connectivity index (χ0) is 22.6. The Morgan fingerprint density at radius 1 is 0.970 bits per heavy atom. The number of carbonyl (C=O) groups excluding carboxylic acids is 2. The first kappa shape index (κ1) is 21.8. The van der Waals surface area contributed by atoms with Crippen LogP contribution in [0.25, 0.3) is 11.3 Å². The van der Waals surface area contributed by atoms with E-state index in [9.17, 15) is 9.59 Å². The molecule has 33 heavy (non-hydrogen) atoms. The van der Waals surface area contributed by atoms with Gasteiger partial charge >= 0.3 is 0 Å². The molecule has 0 radical (unpaired) electrons. The summed E-state index contributed by atoms with van der Waals surface area (Å²) < 4.78 is 12.4. The van der Waals surface area contributed by atoms with E-state index in [1.165, 1.54) is 11.8 Å². The summed E-state index contributed by atoms with van der Waals surface area (Å²) in [6.45, 7) is 2.22. The minimum Gasteiger partial charge on any atom is -0.485 e. The highest BCUT2D eigenvalue weighted by Gasteiger charge is 2.33. The summed E-state index contributed by atoms with van der Waals surface area (Å²) in [7, 11) is 0. The van der Waals surface area contributed by atoms with Crippen molar-refractivity contribution in [2.24, 2.45) is 0 Å². The number of aromatic nitrogens is 1. The van der Waals surface area contributed by atoms with Gasteiger partial charge in [0.1, 0.15) is 6.61 Å². The number of amides is 2. The Hall–Kier alpha value is -3.04. The van der Waals surface area contributed by atoms with Gasteiger partial charge in [0.05, 0.1) is 11.4 Å². The molecule has 170 valence electrons. The molecule has 2 aliphatic heterocycles. The van der Waals surface area contributed by atoms with Crippen LogP contribution in [0.15, 0.2) is 64.3 Å². The summed E-state index contributed by atoms with van der Waals surface area (Å²) in [5, 5.41) is 2.02. The Kier molecular flexibility index (Phi) is 6.50. The molecule has 3 aromatic rings. The van der Waals surface area contributed by atoms with Crippen molar-refractivity contribution in [1.82, 2.24) is 14.8 Å². The molecular weight excluding hydrogens is 458 g/mol. The number of piperazine rings is 1. The Morgan fingerprint density at radius 3 is 2.45 bits per heavy atom. The van der Waals surface area contributed by atoms with E-state index in [-0.39, 0.29) is 18.4 Å². The van der Waals surface area contributed by atoms with E-state index in [0.29, 0.717) is 43.4 Å². The molecule has 5 rings (SSSR count). The fourth-order valence-corrected chi connectivity index (χ4v) is 5.54. The number of thioether (sulfide) groups is 1. The van der Waals surface area contributed by atoms with Gasteiger partial charge in [-0.1, -0.05) is 54.2 Å². The quantitative estimate of drug-likeness (QED) is 0.520. The van der Waals surface area contributed by atoms with Gasteiger partial charge in [0.25, 0.3) is 5.91 Å². The predicted molar refractivity (Wildman–Crippen MR) is 128 cm³/mol. The lowest BCUT2D eigenvalue weighted by Crippen LogP contribution is -2.55. The maximum absolute atomic E-state index is 12.9. The second-order valence-electron chi connectivity index (χ2n) is 7.72. The van der Waals surface area contributed by atoms with Crippen LogP contribution in [-0.2, 0) is 9.59 Å². The number of hydrogen-bond donors (Lipinski definition) is 0. The summed E-state index contributed by atoms with van der Waals surface area (Å²) in [4.78, 5) is 33.8. The van der Waals surface area contributed by atoms with Crippen molar-refractivity contribution in [2.45, 2.75) is 10.4 Å². The monoisotopic (exact) mass is 481 g/mol. The average molecular weight is 482 g/mol. The van der Waals surface area contributed by atoms with Gasteiger partial charge in [0, 0.05) is 37.1 Å². The molecule has 2 amide bonds. The van der Waals surface area contributed by atoms with E-state index < -0.39 is 6.10 Å². The highest BCUT2D eigenvalue weighted by molar-refractivity contribution is 8.01. The van der Waals surface area contributed by atoms with Crippen LogP contribution in [-0.4, -0.2) is 71.2 Å². The van der Waals surface area contributed by atoms with Crippen LogP contribution in [0.5, 0.6) is 11.5 Å². The molecule has 2 aromatic carbocycles. The number of benzene rings is 2. The number of rotatable bonds is 5. The summed E-state index contributed by atoms with van der Waals surface area (Å²) in [5.74, 6) is 1.56. The van der Waals surface area contributed by atoms with Crippen molar-refractivity contribution in [2.75, 3.05) is 38.5 Å². The van der Waals surface area contributed by atoms with Crippen molar-refractivity contribution in [3.63, 3.8) is 0 Å². The lowest BCUT2D eigenvalue weighted by atomic mass is 10.2. The zero-order valence-electron chi connectivity index (χ0n) is 17.9. The fourth-order valence-electron chi connectivity index (χ4n) is 3.80. The van der Waals surface area contributed by atoms with Crippen LogP contribution in [0.4, 0.5) is 0 Å². The molecule has 0 saturated carbocycles. The minimum atomic E-state index is -0.651. The first-order valence-electron chi connectivity index (χ1n) is 10.8. The second-order valence-corrected chi connectivity index (χ2v) is 9.80. The number of hydrogen-bond acceptors (Lipinski definition) is 7. The first-order valence-corrected chi connectivity index (χ1v) is 12.6. The number of carbonyl (C=O) groups is 2. The predicted octanol–water partition coefficient (Wildman–Crippen LogP) is 3.41. The molecule has 2 aliphatic rings. The van der Waals surface area contributed by atoms with E-state index >= 15 is 0 Å². The SMILES string of the molecule is O=C(CSc1nc(-c2ccccc2)cs1)N1CCN(C(=O)[C@@H]2COc3ccccc3O2)CC1. The third kappa shape index (κ3) is 4.99. The number of thiazole rings is 1. The van der Waals surface area contributed by atoms with Crippen LogP contribution >= 0.6 is 23.1 Å². The number of ether oxygens (including phenoxy) is 2. The van der Waals surface area contributed by atoms with E-state index in [2.05, 4.69) is 4.98 Å². The molecule has 3 heterocycles. The largest absolute Gasteiger partial charge is 0.485 e. The van der Waals surface area contributed by atoms with Gasteiger partial charge in [-0.05, 0) is 12.1 Å². The topological polar surface area (TPSA) is 72.0 Å². The highest BCUT2D eigenvalue weighted by Crippen LogP contribution is 2.31. The molecule has 1 atom stereocenters. The lowest BCUT2D eigenvalue weighted by Gasteiger charge is -2.37. The maximum atomic E-state index is 12.9. The van der Waals surface area contributed by atoms with Crippen molar-refractivity contribution >= 4 is 34.9 Å². The molecule has 0 spiro atoms. The molecule has 7 nitrogen and oxygen atoms in total. The van der Waals surface area contributed by atoms with Gasteiger partial charge in [-0.3, -0.25) is 9.59 Å². The average Bonchev–Trinajstić information content (AvgIpc) is 3.36. The minimum absolute atomic E-state index is 0.0646.